The lowest BCUT2D eigenvalue weighted by atomic mass is 9.91. The summed E-state index contributed by atoms with van der Waals surface area (Å²) in [6, 6.07) is 9.85. The maximum absolute atomic E-state index is 11.7. The van der Waals surface area contributed by atoms with Gasteiger partial charge in [-0.15, -0.1) is 0 Å². The third-order valence-corrected chi connectivity index (χ3v) is 3.15. The van der Waals surface area contributed by atoms with Crippen molar-refractivity contribution in [3.63, 3.8) is 0 Å². The second-order valence-corrected chi connectivity index (χ2v) is 5.90. The van der Waals surface area contributed by atoms with Gasteiger partial charge in [0.2, 0.25) is 0 Å². The molecule has 0 aliphatic carbocycles. The van der Waals surface area contributed by atoms with E-state index in [9.17, 15) is 4.79 Å². The number of ether oxygens (including phenoxy) is 1. The van der Waals surface area contributed by atoms with Crippen LogP contribution in [0.4, 0.5) is 0 Å². The highest BCUT2D eigenvalue weighted by molar-refractivity contribution is 5.87. The minimum absolute atomic E-state index is 0.121. The Hall–Kier alpha value is -2.10. The van der Waals surface area contributed by atoms with E-state index in [2.05, 4.69) is 25.9 Å². The minimum Gasteiger partial charge on any atom is -0.464 e. The molecule has 0 bridgehead atoms. The highest BCUT2D eigenvalue weighted by Crippen LogP contribution is 2.26. The Kier molecular flexibility index (Phi) is 3.66. The van der Waals surface area contributed by atoms with Crippen LogP contribution in [0.3, 0.4) is 0 Å². The topological polar surface area (TPSA) is 44.1 Å². The molecule has 1 heterocycles. The lowest BCUT2D eigenvalue weighted by Gasteiger charge is -2.20. The van der Waals surface area contributed by atoms with Crippen LogP contribution < -0.4 is 0 Å². The molecular weight excluding hydrogens is 252 g/mol. The number of rotatable bonds is 2. The van der Waals surface area contributed by atoms with Crippen molar-refractivity contribution in [3.8, 4) is 5.69 Å². The van der Waals surface area contributed by atoms with E-state index in [-0.39, 0.29) is 5.41 Å². The number of carbonyl (C=O) groups is 1. The molecule has 2 aromatic rings. The molecule has 0 aliphatic heterocycles. The predicted octanol–water partition coefficient (Wildman–Crippen LogP) is 3.26. The molecule has 1 aromatic heterocycles. The molecule has 0 radical (unpaired) electrons. The zero-order valence-electron chi connectivity index (χ0n) is 12.6. The van der Waals surface area contributed by atoms with E-state index < -0.39 is 5.97 Å². The summed E-state index contributed by atoms with van der Waals surface area (Å²) in [5.74, 6) is -0.415. The molecule has 0 fully saturated rings. The van der Waals surface area contributed by atoms with Gasteiger partial charge in [-0.1, -0.05) is 38.5 Å². The number of aryl methyl sites for hydroxylation is 1. The maximum atomic E-state index is 11.7. The third kappa shape index (κ3) is 2.74. The minimum atomic E-state index is -0.415. The SMILES string of the molecule is COC(=O)c1cc(C(C)(C)C)n(-c2ccc(C)cc2)n1. The molecule has 4 nitrogen and oxygen atoms in total. The van der Waals surface area contributed by atoms with Gasteiger partial charge in [-0.3, -0.25) is 0 Å². The van der Waals surface area contributed by atoms with E-state index in [4.69, 9.17) is 4.74 Å². The molecule has 0 spiro atoms. The van der Waals surface area contributed by atoms with Crippen LogP contribution in [0, 0.1) is 6.92 Å². The fraction of sp³-hybridized carbons (Fsp3) is 0.375. The van der Waals surface area contributed by atoms with E-state index in [0.29, 0.717) is 5.69 Å². The number of aromatic nitrogens is 2. The first-order chi connectivity index (χ1) is 9.32. The highest BCUT2D eigenvalue weighted by Gasteiger charge is 2.24. The van der Waals surface area contributed by atoms with Gasteiger partial charge in [-0.2, -0.15) is 5.10 Å². The molecule has 0 saturated carbocycles. The first-order valence-electron chi connectivity index (χ1n) is 6.59. The number of benzene rings is 1. The fourth-order valence-electron chi connectivity index (χ4n) is 2.00. The highest BCUT2D eigenvalue weighted by atomic mass is 16.5. The number of carbonyl (C=O) groups excluding carboxylic acids is 1. The van der Waals surface area contributed by atoms with Gasteiger partial charge in [-0.05, 0) is 25.1 Å². The van der Waals surface area contributed by atoms with Gasteiger partial charge >= 0.3 is 5.97 Å². The molecule has 0 N–H and O–H groups in total. The average molecular weight is 272 g/mol. The lowest BCUT2D eigenvalue weighted by molar-refractivity contribution is 0.0593. The number of methoxy groups -OCH3 is 1. The monoisotopic (exact) mass is 272 g/mol. The van der Waals surface area contributed by atoms with E-state index in [1.807, 2.05) is 35.9 Å². The average Bonchev–Trinajstić information content (AvgIpc) is 2.83. The summed E-state index contributed by atoms with van der Waals surface area (Å²) in [4.78, 5) is 11.7. The Balaban J connectivity index is 2.58. The van der Waals surface area contributed by atoms with Crippen molar-refractivity contribution in [2.75, 3.05) is 7.11 Å². The van der Waals surface area contributed by atoms with Crippen LogP contribution in [0.1, 0.15) is 42.5 Å². The standard InChI is InChI=1S/C16H20N2O2/c1-11-6-8-12(9-7-11)18-14(16(2,3)4)10-13(17-18)15(19)20-5/h6-10H,1-5H3. The van der Waals surface area contributed by atoms with E-state index in [1.165, 1.54) is 12.7 Å². The Morgan fingerprint density at radius 1 is 1.20 bits per heavy atom. The summed E-state index contributed by atoms with van der Waals surface area (Å²) < 4.78 is 6.57. The number of hydrogen-bond acceptors (Lipinski definition) is 3. The molecule has 20 heavy (non-hydrogen) atoms. The van der Waals surface area contributed by atoms with Crippen molar-refractivity contribution >= 4 is 5.97 Å². The molecule has 0 saturated heterocycles. The second kappa shape index (κ2) is 5.12. The summed E-state index contributed by atoms with van der Waals surface area (Å²) in [5.41, 5.74) is 3.31. The van der Waals surface area contributed by atoms with Crippen LogP contribution in [-0.4, -0.2) is 22.9 Å². The van der Waals surface area contributed by atoms with Crippen molar-refractivity contribution in [2.24, 2.45) is 0 Å². The summed E-state index contributed by atoms with van der Waals surface area (Å²) in [5, 5.41) is 4.39. The van der Waals surface area contributed by atoms with Gasteiger partial charge in [-0.25, -0.2) is 9.48 Å². The van der Waals surface area contributed by atoms with Crippen molar-refractivity contribution in [1.29, 1.82) is 0 Å². The number of hydrogen-bond donors (Lipinski definition) is 0. The Morgan fingerprint density at radius 3 is 2.30 bits per heavy atom. The molecule has 0 aliphatic rings. The van der Waals surface area contributed by atoms with Gasteiger partial charge < -0.3 is 4.74 Å². The first-order valence-corrected chi connectivity index (χ1v) is 6.59. The smallest absolute Gasteiger partial charge is 0.358 e. The van der Waals surface area contributed by atoms with Crippen LogP contribution in [0.25, 0.3) is 5.69 Å². The van der Waals surface area contributed by atoms with Crippen LogP contribution in [0.2, 0.25) is 0 Å². The molecule has 1 aromatic carbocycles. The van der Waals surface area contributed by atoms with Crippen molar-refractivity contribution in [2.45, 2.75) is 33.1 Å². The quantitative estimate of drug-likeness (QED) is 0.788. The van der Waals surface area contributed by atoms with Gasteiger partial charge in [0, 0.05) is 5.41 Å². The van der Waals surface area contributed by atoms with Crippen molar-refractivity contribution < 1.29 is 9.53 Å². The fourth-order valence-corrected chi connectivity index (χ4v) is 2.00. The predicted molar refractivity (Wildman–Crippen MR) is 78.3 cm³/mol. The van der Waals surface area contributed by atoms with Crippen LogP contribution in [0.15, 0.2) is 30.3 Å². The van der Waals surface area contributed by atoms with Crippen LogP contribution in [-0.2, 0) is 10.2 Å². The zero-order valence-corrected chi connectivity index (χ0v) is 12.6. The van der Waals surface area contributed by atoms with E-state index in [0.717, 1.165) is 11.4 Å². The molecular formula is C16H20N2O2. The van der Waals surface area contributed by atoms with Crippen LogP contribution in [0.5, 0.6) is 0 Å². The van der Waals surface area contributed by atoms with Crippen molar-refractivity contribution in [1.82, 2.24) is 9.78 Å². The Morgan fingerprint density at radius 2 is 1.80 bits per heavy atom. The third-order valence-electron chi connectivity index (χ3n) is 3.15. The normalized spacial score (nSPS) is 11.4. The van der Waals surface area contributed by atoms with Crippen LogP contribution >= 0.6 is 0 Å². The molecule has 0 atom stereocenters. The summed E-state index contributed by atoms with van der Waals surface area (Å²) in [6.45, 7) is 8.32. The van der Waals surface area contributed by atoms with E-state index in [1.54, 1.807) is 6.07 Å². The van der Waals surface area contributed by atoms with Gasteiger partial charge in [0.15, 0.2) is 5.69 Å². The maximum Gasteiger partial charge on any atom is 0.358 e. The first kappa shape index (κ1) is 14.3. The Labute approximate surface area is 119 Å². The molecule has 106 valence electrons. The summed E-state index contributed by atoms with van der Waals surface area (Å²) in [7, 11) is 1.37. The molecule has 0 amide bonds. The van der Waals surface area contributed by atoms with Gasteiger partial charge in [0.25, 0.3) is 0 Å². The van der Waals surface area contributed by atoms with Gasteiger partial charge in [0.05, 0.1) is 18.5 Å². The number of esters is 1. The summed E-state index contributed by atoms with van der Waals surface area (Å²) >= 11 is 0. The molecule has 2 rings (SSSR count). The zero-order chi connectivity index (χ0) is 14.9. The second-order valence-electron chi connectivity index (χ2n) is 5.90. The Bertz CT molecular complexity index is 619. The largest absolute Gasteiger partial charge is 0.464 e. The van der Waals surface area contributed by atoms with Crippen molar-refractivity contribution in [3.05, 3.63) is 47.3 Å². The molecule has 0 unspecified atom stereocenters. The number of nitrogens with zero attached hydrogens (tertiary/aromatic N) is 2. The summed E-state index contributed by atoms with van der Waals surface area (Å²) in [6.07, 6.45) is 0. The van der Waals surface area contributed by atoms with Gasteiger partial charge in [0.1, 0.15) is 0 Å². The lowest BCUT2D eigenvalue weighted by Crippen LogP contribution is -2.17. The van der Waals surface area contributed by atoms with E-state index >= 15 is 0 Å². The molecule has 4 heteroatoms.